The molecule has 0 aliphatic carbocycles. The summed E-state index contributed by atoms with van der Waals surface area (Å²) in [6, 6.07) is 14.9. The first-order valence-electron chi connectivity index (χ1n) is 6.65. The smallest absolute Gasteiger partial charge is 0.193 e. The van der Waals surface area contributed by atoms with Crippen LogP contribution < -0.4 is 5.73 Å². The van der Waals surface area contributed by atoms with Gasteiger partial charge in [0.05, 0.1) is 0 Å². The van der Waals surface area contributed by atoms with Gasteiger partial charge in [-0.2, -0.15) is 0 Å². The lowest BCUT2D eigenvalue weighted by Gasteiger charge is -2.16. The van der Waals surface area contributed by atoms with Gasteiger partial charge < -0.3 is 5.73 Å². The fourth-order valence-corrected chi connectivity index (χ4v) is 2.30. The molecule has 2 aromatic carbocycles. The molecule has 0 bridgehead atoms. The molecule has 0 aromatic heterocycles. The monoisotopic (exact) mass is 367 g/mol. The van der Waals surface area contributed by atoms with Crippen LogP contribution in [0.3, 0.4) is 0 Å². The van der Waals surface area contributed by atoms with E-state index in [0.717, 1.165) is 10.0 Å². The first-order chi connectivity index (χ1) is 9.49. The molecule has 0 aliphatic rings. The van der Waals surface area contributed by atoms with Crippen molar-refractivity contribution < 1.29 is 4.79 Å². The van der Waals surface area contributed by atoms with E-state index < -0.39 is 0 Å². The summed E-state index contributed by atoms with van der Waals surface area (Å²) in [6.07, 6.45) is 0. The van der Waals surface area contributed by atoms with Gasteiger partial charge in [-0.25, -0.2) is 0 Å². The van der Waals surface area contributed by atoms with E-state index in [1.807, 2.05) is 48.5 Å². The number of halogens is 2. The molecule has 0 unspecified atom stereocenters. The quantitative estimate of drug-likeness (QED) is 0.791. The predicted octanol–water partition coefficient (Wildman–Crippen LogP) is 4.76. The van der Waals surface area contributed by atoms with Gasteiger partial charge >= 0.3 is 0 Å². The molecule has 0 amide bonds. The highest BCUT2D eigenvalue weighted by Crippen LogP contribution is 2.21. The standard InChI is InChI=1S/C17H18BrNO.ClH/c1-11(2)16(19)13-4-3-5-14(10-13)17(20)12-6-8-15(18)9-7-12;/h3-11,16H,19H2,1-2H3;1H/t16-;/m1./s1. The summed E-state index contributed by atoms with van der Waals surface area (Å²) in [6.45, 7) is 4.15. The number of hydrogen-bond donors (Lipinski definition) is 1. The molecule has 2 nitrogen and oxygen atoms in total. The maximum Gasteiger partial charge on any atom is 0.193 e. The summed E-state index contributed by atoms with van der Waals surface area (Å²) in [5.41, 5.74) is 8.52. The van der Waals surface area contributed by atoms with Crippen molar-refractivity contribution in [3.63, 3.8) is 0 Å². The van der Waals surface area contributed by atoms with Gasteiger partial charge in [0.15, 0.2) is 5.78 Å². The zero-order valence-electron chi connectivity index (χ0n) is 12.0. The highest BCUT2D eigenvalue weighted by atomic mass is 79.9. The molecule has 0 aliphatic heterocycles. The molecule has 2 aromatic rings. The van der Waals surface area contributed by atoms with Crippen molar-refractivity contribution in [2.45, 2.75) is 19.9 Å². The van der Waals surface area contributed by atoms with Crippen LogP contribution in [-0.4, -0.2) is 5.78 Å². The minimum atomic E-state index is -0.0485. The molecule has 0 saturated heterocycles. The number of nitrogens with two attached hydrogens (primary N) is 1. The highest BCUT2D eigenvalue weighted by Gasteiger charge is 2.14. The van der Waals surface area contributed by atoms with Crippen LogP contribution >= 0.6 is 28.3 Å². The number of rotatable bonds is 4. The Morgan fingerprint density at radius 3 is 2.24 bits per heavy atom. The second-order valence-corrected chi connectivity index (χ2v) is 6.15. The molecule has 21 heavy (non-hydrogen) atoms. The molecule has 0 fully saturated rings. The minimum absolute atomic E-state index is 0. The van der Waals surface area contributed by atoms with Crippen molar-refractivity contribution in [1.82, 2.24) is 0 Å². The van der Waals surface area contributed by atoms with Crippen LogP contribution in [0.5, 0.6) is 0 Å². The van der Waals surface area contributed by atoms with E-state index in [4.69, 9.17) is 5.73 Å². The third kappa shape index (κ3) is 4.40. The Morgan fingerprint density at radius 1 is 1.05 bits per heavy atom. The Hall–Kier alpha value is -1.16. The van der Waals surface area contributed by atoms with Crippen molar-refractivity contribution in [1.29, 1.82) is 0 Å². The average molecular weight is 369 g/mol. The SMILES string of the molecule is CC(C)[C@@H](N)c1cccc(C(=O)c2ccc(Br)cc2)c1.Cl. The van der Waals surface area contributed by atoms with Gasteiger partial charge in [0.1, 0.15) is 0 Å². The molecule has 112 valence electrons. The van der Waals surface area contributed by atoms with Gasteiger partial charge in [-0.3, -0.25) is 4.79 Å². The van der Waals surface area contributed by atoms with Crippen LogP contribution in [-0.2, 0) is 0 Å². The molecular weight excluding hydrogens is 350 g/mol. The predicted molar refractivity (Wildman–Crippen MR) is 93.0 cm³/mol. The van der Waals surface area contributed by atoms with E-state index in [1.54, 1.807) is 0 Å². The number of benzene rings is 2. The Labute approximate surface area is 140 Å². The first kappa shape index (κ1) is 17.9. The molecule has 0 heterocycles. The second-order valence-electron chi connectivity index (χ2n) is 5.23. The summed E-state index contributed by atoms with van der Waals surface area (Å²) in [4.78, 5) is 12.4. The Balaban J connectivity index is 0.00000220. The van der Waals surface area contributed by atoms with E-state index in [1.165, 1.54) is 0 Å². The van der Waals surface area contributed by atoms with Crippen LogP contribution in [0.4, 0.5) is 0 Å². The maximum absolute atomic E-state index is 12.4. The Kier molecular flexibility index (Phi) is 6.59. The third-order valence-electron chi connectivity index (χ3n) is 3.36. The van der Waals surface area contributed by atoms with Crippen molar-refractivity contribution in [2.24, 2.45) is 11.7 Å². The van der Waals surface area contributed by atoms with E-state index in [2.05, 4.69) is 29.8 Å². The molecule has 0 radical (unpaired) electrons. The molecule has 0 saturated carbocycles. The largest absolute Gasteiger partial charge is 0.324 e. The summed E-state index contributed by atoms with van der Waals surface area (Å²) in [7, 11) is 0. The fourth-order valence-electron chi connectivity index (χ4n) is 2.04. The molecule has 2 N–H and O–H groups in total. The van der Waals surface area contributed by atoms with Crippen molar-refractivity contribution >= 4 is 34.1 Å². The number of carbonyl (C=O) groups is 1. The van der Waals surface area contributed by atoms with Crippen LogP contribution in [0.2, 0.25) is 0 Å². The lowest BCUT2D eigenvalue weighted by Crippen LogP contribution is -2.17. The topological polar surface area (TPSA) is 43.1 Å². The zero-order valence-corrected chi connectivity index (χ0v) is 14.4. The van der Waals surface area contributed by atoms with E-state index >= 15 is 0 Å². The molecular formula is C17H19BrClNO. The molecule has 1 atom stereocenters. The van der Waals surface area contributed by atoms with Crippen molar-refractivity contribution in [3.05, 3.63) is 69.7 Å². The Bertz CT molecular complexity index is 610. The van der Waals surface area contributed by atoms with Crippen molar-refractivity contribution in [3.8, 4) is 0 Å². The van der Waals surface area contributed by atoms with Crippen LogP contribution in [0, 0.1) is 5.92 Å². The van der Waals surface area contributed by atoms with Crippen LogP contribution in [0.25, 0.3) is 0 Å². The van der Waals surface area contributed by atoms with E-state index in [9.17, 15) is 4.79 Å². The van der Waals surface area contributed by atoms with Crippen LogP contribution in [0.15, 0.2) is 53.0 Å². The van der Waals surface area contributed by atoms with Gasteiger partial charge in [-0.05, 0) is 41.8 Å². The van der Waals surface area contributed by atoms with Crippen LogP contribution in [0.1, 0.15) is 41.4 Å². The number of ketones is 1. The van der Waals surface area contributed by atoms with E-state index in [-0.39, 0.29) is 24.2 Å². The Morgan fingerprint density at radius 2 is 1.67 bits per heavy atom. The summed E-state index contributed by atoms with van der Waals surface area (Å²) < 4.78 is 0.963. The third-order valence-corrected chi connectivity index (χ3v) is 3.89. The van der Waals surface area contributed by atoms with Gasteiger partial charge in [-0.1, -0.05) is 48.0 Å². The molecule has 0 spiro atoms. The minimum Gasteiger partial charge on any atom is -0.324 e. The molecule has 4 heteroatoms. The second kappa shape index (κ2) is 7.74. The number of carbonyl (C=O) groups excluding carboxylic acids is 1. The lowest BCUT2D eigenvalue weighted by atomic mass is 9.94. The molecule has 2 rings (SSSR count). The summed E-state index contributed by atoms with van der Waals surface area (Å²) >= 11 is 3.37. The van der Waals surface area contributed by atoms with Gasteiger partial charge in [0.2, 0.25) is 0 Å². The fraction of sp³-hybridized carbons (Fsp3) is 0.235. The van der Waals surface area contributed by atoms with Crippen molar-refractivity contribution in [2.75, 3.05) is 0 Å². The average Bonchev–Trinajstić information content (AvgIpc) is 2.46. The van der Waals surface area contributed by atoms with E-state index in [0.29, 0.717) is 17.0 Å². The zero-order chi connectivity index (χ0) is 14.7. The highest BCUT2D eigenvalue weighted by molar-refractivity contribution is 9.10. The maximum atomic E-state index is 12.4. The summed E-state index contributed by atoms with van der Waals surface area (Å²) in [5, 5.41) is 0. The first-order valence-corrected chi connectivity index (χ1v) is 7.44. The summed E-state index contributed by atoms with van der Waals surface area (Å²) in [5.74, 6) is 0.364. The normalized spacial score (nSPS) is 11.9. The number of hydrogen-bond acceptors (Lipinski definition) is 2. The lowest BCUT2D eigenvalue weighted by molar-refractivity contribution is 0.103. The van der Waals surface area contributed by atoms with Gasteiger partial charge in [0.25, 0.3) is 0 Å². The van der Waals surface area contributed by atoms with Gasteiger partial charge in [0, 0.05) is 21.6 Å². The van der Waals surface area contributed by atoms with Gasteiger partial charge in [-0.15, -0.1) is 12.4 Å².